The van der Waals surface area contributed by atoms with Gasteiger partial charge in [-0.05, 0) is 37.0 Å². The maximum Gasteiger partial charge on any atom is 0.252 e. The molecule has 2 unspecified atom stereocenters. The average Bonchev–Trinajstić information content (AvgIpc) is 2.64. The Labute approximate surface area is 116 Å². The van der Waals surface area contributed by atoms with Gasteiger partial charge in [-0.15, -0.1) is 0 Å². The fourth-order valence-corrected chi connectivity index (χ4v) is 3.10. The lowest BCUT2D eigenvalue weighted by Crippen LogP contribution is -2.51. The van der Waals surface area contributed by atoms with E-state index in [1.54, 1.807) is 0 Å². The van der Waals surface area contributed by atoms with E-state index in [1.165, 1.54) is 6.42 Å². The van der Waals surface area contributed by atoms with Crippen LogP contribution in [0.3, 0.4) is 0 Å². The largest absolute Gasteiger partial charge is 0.342 e. The van der Waals surface area contributed by atoms with Gasteiger partial charge < -0.3 is 5.32 Å². The average molecular weight is 265 g/mol. The highest BCUT2D eigenvalue weighted by atomic mass is 16.2. The monoisotopic (exact) mass is 265 g/mol. The van der Waals surface area contributed by atoms with Gasteiger partial charge >= 0.3 is 0 Å². The number of nitrogens with zero attached hydrogens (tertiary/aromatic N) is 1. The summed E-state index contributed by atoms with van der Waals surface area (Å²) in [4.78, 5) is 16.8. The summed E-state index contributed by atoms with van der Waals surface area (Å²) in [5.41, 5.74) is -0.386. The van der Waals surface area contributed by atoms with Crippen LogP contribution in [-0.4, -0.2) is 24.0 Å². The third-order valence-corrected chi connectivity index (χ3v) is 4.37. The van der Waals surface area contributed by atoms with Crippen molar-refractivity contribution in [2.45, 2.75) is 58.9 Å². The SMILES string of the molecule is CC(C)CN=C1NC(=O)C2(CCCC(C(C)C)C2)N1. The molecule has 1 saturated heterocycles. The Balaban J connectivity index is 2.07. The molecule has 108 valence electrons. The van der Waals surface area contributed by atoms with Crippen LogP contribution in [-0.2, 0) is 4.79 Å². The van der Waals surface area contributed by atoms with Crippen molar-refractivity contribution in [1.29, 1.82) is 0 Å². The van der Waals surface area contributed by atoms with Gasteiger partial charge in [-0.2, -0.15) is 0 Å². The van der Waals surface area contributed by atoms with E-state index in [4.69, 9.17) is 0 Å². The van der Waals surface area contributed by atoms with Crippen molar-refractivity contribution in [2.75, 3.05) is 6.54 Å². The molecule has 0 bridgehead atoms. The summed E-state index contributed by atoms with van der Waals surface area (Å²) in [5.74, 6) is 2.60. The van der Waals surface area contributed by atoms with E-state index in [-0.39, 0.29) is 11.4 Å². The van der Waals surface area contributed by atoms with Crippen LogP contribution < -0.4 is 10.6 Å². The summed E-state index contributed by atoms with van der Waals surface area (Å²) >= 11 is 0. The Morgan fingerprint density at radius 3 is 2.74 bits per heavy atom. The molecule has 0 aromatic heterocycles. The smallest absolute Gasteiger partial charge is 0.252 e. The van der Waals surface area contributed by atoms with Crippen molar-refractivity contribution in [1.82, 2.24) is 10.6 Å². The number of carbonyl (C=O) groups is 1. The number of carbonyl (C=O) groups excluding carboxylic acids is 1. The molecule has 2 rings (SSSR count). The Hall–Kier alpha value is -1.06. The van der Waals surface area contributed by atoms with Gasteiger partial charge in [0.15, 0.2) is 5.96 Å². The number of amides is 1. The molecule has 1 spiro atoms. The molecule has 1 aliphatic carbocycles. The summed E-state index contributed by atoms with van der Waals surface area (Å²) in [5, 5.41) is 6.31. The lowest BCUT2D eigenvalue weighted by Gasteiger charge is -2.37. The highest BCUT2D eigenvalue weighted by Crippen LogP contribution is 2.37. The summed E-state index contributed by atoms with van der Waals surface area (Å²) in [6, 6.07) is 0. The molecule has 1 aliphatic heterocycles. The van der Waals surface area contributed by atoms with Crippen molar-refractivity contribution in [3.05, 3.63) is 0 Å². The zero-order valence-corrected chi connectivity index (χ0v) is 12.6. The third-order valence-electron chi connectivity index (χ3n) is 4.37. The van der Waals surface area contributed by atoms with E-state index in [1.807, 2.05) is 0 Å². The first kappa shape index (κ1) is 14.4. The van der Waals surface area contributed by atoms with Gasteiger partial charge in [0.1, 0.15) is 5.54 Å². The summed E-state index contributed by atoms with van der Waals surface area (Å²) in [6.07, 6.45) is 4.24. The first-order valence-electron chi connectivity index (χ1n) is 7.57. The van der Waals surface area contributed by atoms with Gasteiger partial charge in [0.25, 0.3) is 5.91 Å². The van der Waals surface area contributed by atoms with Crippen LogP contribution in [0.5, 0.6) is 0 Å². The van der Waals surface area contributed by atoms with Crippen molar-refractivity contribution in [3.63, 3.8) is 0 Å². The zero-order chi connectivity index (χ0) is 14.0. The molecular formula is C15H27N3O. The molecule has 19 heavy (non-hydrogen) atoms. The Morgan fingerprint density at radius 1 is 1.37 bits per heavy atom. The van der Waals surface area contributed by atoms with E-state index >= 15 is 0 Å². The van der Waals surface area contributed by atoms with Crippen LogP contribution in [0.15, 0.2) is 4.99 Å². The summed E-state index contributed by atoms with van der Waals surface area (Å²) in [6.45, 7) is 9.53. The fraction of sp³-hybridized carbons (Fsp3) is 0.867. The molecule has 2 atom stereocenters. The van der Waals surface area contributed by atoms with Crippen LogP contribution in [0.25, 0.3) is 0 Å². The number of rotatable bonds is 3. The molecule has 2 N–H and O–H groups in total. The molecule has 4 heteroatoms. The maximum absolute atomic E-state index is 12.3. The quantitative estimate of drug-likeness (QED) is 0.822. The second-order valence-electron chi connectivity index (χ2n) is 6.84. The molecule has 2 aliphatic rings. The number of aliphatic imine (C=N–C) groups is 1. The molecular weight excluding hydrogens is 238 g/mol. The number of hydrogen-bond acceptors (Lipinski definition) is 2. The van der Waals surface area contributed by atoms with Crippen molar-refractivity contribution in [3.8, 4) is 0 Å². The van der Waals surface area contributed by atoms with Crippen LogP contribution in [0.4, 0.5) is 0 Å². The van der Waals surface area contributed by atoms with E-state index < -0.39 is 0 Å². The highest BCUT2D eigenvalue weighted by molar-refractivity contribution is 6.09. The number of guanidine groups is 1. The number of hydrogen-bond donors (Lipinski definition) is 2. The van der Waals surface area contributed by atoms with Crippen LogP contribution >= 0.6 is 0 Å². The molecule has 1 saturated carbocycles. The Bertz CT molecular complexity index is 376. The molecule has 2 fully saturated rings. The third kappa shape index (κ3) is 3.10. The molecule has 4 nitrogen and oxygen atoms in total. The minimum atomic E-state index is -0.386. The van der Waals surface area contributed by atoms with Gasteiger partial charge in [-0.25, -0.2) is 0 Å². The predicted molar refractivity (Wildman–Crippen MR) is 77.9 cm³/mol. The fourth-order valence-electron chi connectivity index (χ4n) is 3.10. The van der Waals surface area contributed by atoms with Gasteiger partial charge in [0, 0.05) is 6.54 Å². The van der Waals surface area contributed by atoms with Gasteiger partial charge in [-0.1, -0.05) is 34.1 Å². The van der Waals surface area contributed by atoms with Crippen molar-refractivity contribution >= 4 is 11.9 Å². The summed E-state index contributed by atoms with van der Waals surface area (Å²) in [7, 11) is 0. The lowest BCUT2D eigenvalue weighted by atomic mass is 9.72. The second kappa shape index (κ2) is 5.51. The Kier molecular flexibility index (Phi) is 4.16. The lowest BCUT2D eigenvalue weighted by molar-refractivity contribution is -0.125. The molecule has 0 aromatic rings. The standard InChI is InChI=1S/C15H27N3O/c1-10(2)9-16-14-17-13(19)15(18-14)7-5-6-12(8-15)11(3)4/h10-12H,5-9H2,1-4H3,(H2,16,17,18,19). The normalized spacial score (nSPS) is 33.3. The predicted octanol–water partition coefficient (Wildman–Crippen LogP) is 2.30. The van der Waals surface area contributed by atoms with Gasteiger partial charge in [-0.3, -0.25) is 15.1 Å². The first-order valence-corrected chi connectivity index (χ1v) is 7.57. The summed E-state index contributed by atoms with van der Waals surface area (Å²) < 4.78 is 0. The van der Waals surface area contributed by atoms with E-state index in [0.29, 0.717) is 23.7 Å². The van der Waals surface area contributed by atoms with Crippen molar-refractivity contribution < 1.29 is 4.79 Å². The zero-order valence-electron chi connectivity index (χ0n) is 12.6. The Morgan fingerprint density at radius 2 is 2.11 bits per heavy atom. The highest BCUT2D eigenvalue weighted by Gasteiger charge is 2.48. The number of nitrogens with one attached hydrogen (secondary N) is 2. The van der Waals surface area contributed by atoms with Crippen LogP contribution in [0.2, 0.25) is 0 Å². The van der Waals surface area contributed by atoms with E-state index in [2.05, 4.69) is 43.3 Å². The minimum Gasteiger partial charge on any atom is -0.342 e. The van der Waals surface area contributed by atoms with Crippen LogP contribution in [0, 0.1) is 17.8 Å². The second-order valence-corrected chi connectivity index (χ2v) is 6.84. The minimum absolute atomic E-state index is 0.125. The van der Waals surface area contributed by atoms with Gasteiger partial charge in [0.05, 0.1) is 0 Å². The molecule has 1 amide bonds. The molecule has 0 radical (unpaired) electrons. The van der Waals surface area contributed by atoms with E-state index in [0.717, 1.165) is 25.8 Å². The van der Waals surface area contributed by atoms with Gasteiger partial charge in [0.2, 0.25) is 0 Å². The van der Waals surface area contributed by atoms with Crippen molar-refractivity contribution in [2.24, 2.45) is 22.7 Å². The maximum atomic E-state index is 12.3. The first-order chi connectivity index (χ1) is 8.93. The van der Waals surface area contributed by atoms with E-state index in [9.17, 15) is 4.79 Å². The molecule has 1 heterocycles. The molecule has 0 aromatic carbocycles. The van der Waals surface area contributed by atoms with Crippen LogP contribution in [0.1, 0.15) is 53.4 Å². The topological polar surface area (TPSA) is 53.5 Å².